The first-order valence-electron chi connectivity index (χ1n) is 17.0. The molecule has 0 atom stereocenters. The summed E-state index contributed by atoms with van der Waals surface area (Å²) >= 11 is 0. The minimum atomic E-state index is -1.80. The second-order valence-electron chi connectivity index (χ2n) is 11.5. The van der Waals surface area contributed by atoms with Crippen molar-refractivity contribution in [3.05, 3.63) is 109 Å². The van der Waals surface area contributed by atoms with Gasteiger partial charge in [0.1, 0.15) is 47.0 Å². The first-order valence-corrected chi connectivity index (χ1v) is 17.0. The Bertz CT molecular complexity index is 1790. The van der Waals surface area contributed by atoms with Crippen LogP contribution in [0.3, 0.4) is 0 Å². The fourth-order valence-electron chi connectivity index (χ4n) is 3.48. The van der Waals surface area contributed by atoms with E-state index in [4.69, 9.17) is 0 Å². The molecule has 1 radical (unpaired) electrons. The minimum absolute atomic E-state index is 0. The molecule has 4 aromatic rings. The second kappa shape index (κ2) is 33.6. The summed E-state index contributed by atoms with van der Waals surface area (Å²) in [6, 6.07) is 32.2. The SMILES string of the molecule is CC(=O)CC(=O)C(=O)[O-].CC(=O)CC(=O)C(=O)[O-].CC(=O)CC(=O)C(=O)[O-].CC(=O)CC(=O)C(=O)[O-].[Ir].c1ccc(-c2ccccn2)cc1.c1ccc(-c2ccccn2)cc1. The molecule has 61 heavy (non-hydrogen) atoms. The zero-order valence-corrected chi connectivity index (χ0v) is 35.4. The molecule has 4 rings (SSSR count). The average molecular weight is 1020 g/mol. The van der Waals surface area contributed by atoms with Crippen LogP contribution in [-0.4, -0.2) is 80.1 Å². The van der Waals surface area contributed by atoms with Crippen molar-refractivity contribution in [3.63, 3.8) is 0 Å². The number of pyridine rings is 2. The van der Waals surface area contributed by atoms with E-state index < -0.39 is 95.8 Å². The third-order valence-electron chi connectivity index (χ3n) is 6.02. The number of carboxylic acid groups (broad SMARTS) is 4. The van der Waals surface area contributed by atoms with Gasteiger partial charge in [-0.05, 0) is 52.0 Å². The van der Waals surface area contributed by atoms with Gasteiger partial charge in [-0.1, -0.05) is 72.8 Å². The summed E-state index contributed by atoms with van der Waals surface area (Å²) < 4.78 is 0. The zero-order valence-electron chi connectivity index (χ0n) is 33.0. The van der Waals surface area contributed by atoms with Crippen molar-refractivity contribution in [1.29, 1.82) is 0 Å². The van der Waals surface area contributed by atoms with E-state index in [1.807, 2.05) is 85.2 Å². The fourth-order valence-corrected chi connectivity index (χ4v) is 3.48. The molecule has 325 valence electrons. The Morgan fingerprint density at radius 1 is 0.361 bits per heavy atom. The summed E-state index contributed by atoms with van der Waals surface area (Å²) in [5.74, 6) is -13.7. The predicted molar refractivity (Wildman–Crippen MR) is 201 cm³/mol. The molecule has 18 nitrogen and oxygen atoms in total. The average Bonchev–Trinajstić information content (AvgIpc) is 3.19. The maximum absolute atomic E-state index is 10.1. The van der Waals surface area contributed by atoms with E-state index in [0.717, 1.165) is 50.2 Å². The molecule has 0 fully saturated rings. The molecule has 2 heterocycles. The largest absolute Gasteiger partial charge is 0.542 e. The van der Waals surface area contributed by atoms with Gasteiger partial charge >= 0.3 is 0 Å². The molecule has 0 unspecified atom stereocenters. The number of nitrogens with zero attached hydrogens (tertiary/aromatic N) is 2. The maximum Gasteiger partial charge on any atom is 0.185 e. The van der Waals surface area contributed by atoms with Crippen LogP contribution < -0.4 is 20.4 Å². The van der Waals surface area contributed by atoms with E-state index in [1.54, 1.807) is 0 Å². The molecule has 0 N–H and O–H groups in total. The van der Waals surface area contributed by atoms with Gasteiger partial charge in [0.25, 0.3) is 0 Å². The number of carbonyl (C=O) groups is 12. The van der Waals surface area contributed by atoms with Crippen LogP contribution in [0.1, 0.15) is 53.4 Å². The van der Waals surface area contributed by atoms with Gasteiger partial charge in [-0.25, -0.2) is 0 Å². The Balaban J connectivity index is -0.000000665. The van der Waals surface area contributed by atoms with E-state index in [1.165, 1.54) is 0 Å². The third-order valence-corrected chi connectivity index (χ3v) is 6.02. The minimum Gasteiger partial charge on any atom is -0.542 e. The number of hydrogen-bond acceptors (Lipinski definition) is 18. The number of Topliss-reactive ketones (excluding diaryl/α,β-unsaturated/α-hetero) is 8. The molecule has 0 aliphatic carbocycles. The normalized spacial score (nSPS) is 8.85. The van der Waals surface area contributed by atoms with E-state index >= 15 is 0 Å². The molecule has 0 amide bonds. The maximum atomic E-state index is 10.1. The Morgan fingerprint density at radius 2 is 0.574 bits per heavy atom. The Labute approximate surface area is 362 Å². The second-order valence-corrected chi connectivity index (χ2v) is 11.5. The summed E-state index contributed by atoms with van der Waals surface area (Å²) in [5, 5.41) is 38.5. The van der Waals surface area contributed by atoms with Gasteiger partial charge in [-0.2, -0.15) is 0 Å². The molecule has 0 bridgehead atoms. The van der Waals surface area contributed by atoms with Crippen molar-refractivity contribution in [2.45, 2.75) is 53.4 Å². The molecular weight excluding hydrogens is 981 g/mol. The molecule has 0 saturated heterocycles. The standard InChI is InChI=1S/2C11H9N.4C5H6O4.Ir/c2*1-2-6-10(7-3-1)11-8-4-5-9-12-11;4*1-3(6)2-4(7)5(8)9;/h2*1-9H;4*2H2,1H3,(H,8,9);/p-4. The van der Waals surface area contributed by atoms with Gasteiger partial charge in [0.15, 0.2) is 23.1 Å². The topological polar surface area (TPSA) is 323 Å². The number of hydrogen-bond donors (Lipinski definition) is 0. The molecular formula is C42H38IrN2O16-4. The molecule has 0 aliphatic heterocycles. The number of aromatic nitrogens is 2. The van der Waals surface area contributed by atoms with Crippen molar-refractivity contribution in [1.82, 2.24) is 9.97 Å². The van der Waals surface area contributed by atoms with Crippen LogP contribution in [-0.2, 0) is 77.6 Å². The number of ketones is 8. The van der Waals surface area contributed by atoms with Crippen LogP contribution >= 0.6 is 0 Å². The van der Waals surface area contributed by atoms with Crippen LogP contribution in [0.25, 0.3) is 22.5 Å². The molecule has 2 aromatic heterocycles. The monoisotopic (exact) mass is 1020 g/mol. The molecule has 0 spiro atoms. The van der Waals surface area contributed by atoms with Crippen molar-refractivity contribution in [2.24, 2.45) is 0 Å². The van der Waals surface area contributed by atoms with Crippen molar-refractivity contribution in [3.8, 4) is 22.5 Å². The van der Waals surface area contributed by atoms with Crippen molar-refractivity contribution >= 4 is 70.1 Å². The third kappa shape index (κ3) is 32.3. The summed E-state index contributed by atoms with van der Waals surface area (Å²) in [4.78, 5) is 127. The number of rotatable bonds is 14. The van der Waals surface area contributed by atoms with Crippen LogP contribution in [0.15, 0.2) is 109 Å². The number of benzene rings is 2. The van der Waals surface area contributed by atoms with Crippen LogP contribution in [0.4, 0.5) is 0 Å². The first-order chi connectivity index (χ1) is 28.1. The van der Waals surface area contributed by atoms with Crippen molar-refractivity contribution in [2.75, 3.05) is 0 Å². The Hall–Kier alpha value is -7.37. The zero-order chi connectivity index (χ0) is 46.2. The number of aliphatic carboxylic acids is 4. The van der Waals surface area contributed by atoms with Gasteiger partial charge in [-0.15, -0.1) is 0 Å². The Morgan fingerprint density at radius 3 is 0.721 bits per heavy atom. The van der Waals surface area contributed by atoms with Gasteiger partial charge in [0.2, 0.25) is 0 Å². The first kappa shape index (κ1) is 58.0. The fraction of sp³-hybridized carbons (Fsp3) is 0.190. The molecule has 0 saturated carbocycles. The number of carbonyl (C=O) groups excluding carboxylic acids is 12. The quantitative estimate of drug-likeness (QED) is 0.104. The molecule has 0 aliphatic rings. The predicted octanol–water partition coefficient (Wildman–Crippen LogP) is -1.37. The van der Waals surface area contributed by atoms with E-state index in [0.29, 0.717) is 0 Å². The molecule has 19 heteroatoms. The van der Waals surface area contributed by atoms with Gasteiger partial charge < -0.3 is 39.6 Å². The van der Waals surface area contributed by atoms with Crippen LogP contribution in [0.2, 0.25) is 0 Å². The summed E-state index contributed by atoms with van der Waals surface area (Å²) in [7, 11) is 0. The Kier molecular flexibility index (Phi) is 31.9. The van der Waals surface area contributed by atoms with Gasteiger partial charge in [0.05, 0.1) is 37.1 Å². The van der Waals surface area contributed by atoms with E-state index in [-0.39, 0.29) is 20.1 Å². The molecule has 2 aromatic carbocycles. The number of carboxylic acids is 4. The van der Waals surface area contributed by atoms with Gasteiger partial charge in [-0.3, -0.25) is 48.3 Å². The smallest absolute Gasteiger partial charge is 0.185 e. The summed E-state index contributed by atoms with van der Waals surface area (Å²) in [6.07, 6.45) is 1.35. The van der Waals surface area contributed by atoms with Crippen molar-refractivity contribution < 1.29 is 98.1 Å². The van der Waals surface area contributed by atoms with Crippen LogP contribution in [0, 0.1) is 0 Å². The van der Waals surface area contributed by atoms with Gasteiger partial charge in [0, 0.05) is 43.6 Å². The van der Waals surface area contributed by atoms with E-state index in [9.17, 15) is 78.0 Å². The van der Waals surface area contributed by atoms with E-state index in [2.05, 4.69) is 34.2 Å². The summed E-state index contributed by atoms with van der Waals surface area (Å²) in [5.41, 5.74) is 4.38. The summed E-state index contributed by atoms with van der Waals surface area (Å²) in [6.45, 7) is 4.56. The van der Waals surface area contributed by atoms with Crippen LogP contribution in [0.5, 0.6) is 0 Å².